The Bertz CT molecular complexity index is 1440. The minimum absolute atomic E-state index is 0.0417. The molecule has 4 aromatic rings. The third-order valence-corrected chi connectivity index (χ3v) is 5.84. The predicted octanol–water partition coefficient (Wildman–Crippen LogP) is 6.27. The summed E-state index contributed by atoms with van der Waals surface area (Å²) in [7, 11) is 3.06. The molecule has 0 atom stereocenters. The summed E-state index contributed by atoms with van der Waals surface area (Å²) in [5, 5.41) is 13.1. The quantitative estimate of drug-likeness (QED) is 0.287. The molecular formula is C26H21ClF3N3O4. The van der Waals surface area contributed by atoms with Crippen LogP contribution in [0, 0.1) is 0 Å². The van der Waals surface area contributed by atoms with Crippen LogP contribution in [0.5, 0.6) is 5.75 Å². The molecule has 11 heteroatoms. The van der Waals surface area contributed by atoms with Crippen LogP contribution >= 0.6 is 11.6 Å². The third-order valence-electron chi connectivity index (χ3n) is 5.53. The van der Waals surface area contributed by atoms with Crippen LogP contribution in [-0.2, 0) is 17.5 Å². The highest BCUT2D eigenvalue weighted by Crippen LogP contribution is 2.42. The van der Waals surface area contributed by atoms with Gasteiger partial charge < -0.3 is 14.4 Å². The summed E-state index contributed by atoms with van der Waals surface area (Å²) in [6.07, 6.45) is -4.65. The van der Waals surface area contributed by atoms with Gasteiger partial charge in [-0.25, -0.2) is 0 Å². The number of likely N-dealkylation sites (N-methyl/N-ethyl adjacent to an activating group) is 1. The van der Waals surface area contributed by atoms with Crippen LogP contribution in [0.2, 0.25) is 5.02 Å². The van der Waals surface area contributed by atoms with Crippen molar-refractivity contribution in [3.8, 4) is 39.7 Å². The van der Waals surface area contributed by atoms with Crippen molar-refractivity contribution in [2.45, 2.75) is 12.7 Å². The van der Waals surface area contributed by atoms with Crippen LogP contribution in [-0.4, -0.2) is 46.8 Å². The van der Waals surface area contributed by atoms with Crippen molar-refractivity contribution in [3.63, 3.8) is 0 Å². The van der Waals surface area contributed by atoms with Gasteiger partial charge >= 0.3 is 12.1 Å². The van der Waals surface area contributed by atoms with Crippen LogP contribution < -0.4 is 4.74 Å². The number of aliphatic carboxylic acids is 1. The Balaban J connectivity index is 1.66. The summed E-state index contributed by atoms with van der Waals surface area (Å²) in [5.74, 6) is -0.636. The molecule has 0 radical (unpaired) electrons. The molecule has 3 aromatic carbocycles. The lowest BCUT2D eigenvalue weighted by Crippen LogP contribution is -2.25. The monoisotopic (exact) mass is 531 g/mol. The molecule has 0 saturated carbocycles. The topological polar surface area (TPSA) is 88.7 Å². The highest BCUT2D eigenvalue weighted by Gasteiger charge is 2.35. The van der Waals surface area contributed by atoms with Gasteiger partial charge in [-0.2, -0.15) is 18.2 Å². The molecule has 0 aliphatic rings. The van der Waals surface area contributed by atoms with Crippen molar-refractivity contribution in [1.82, 2.24) is 15.0 Å². The number of aromatic nitrogens is 2. The second-order valence-corrected chi connectivity index (χ2v) is 8.67. The van der Waals surface area contributed by atoms with Gasteiger partial charge in [-0.1, -0.05) is 47.1 Å². The average molecular weight is 532 g/mol. The summed E-state index contributed by atoms with van der Waals surface area (Å²) >= 11 is 6.39. The smallest absolute Gasteiger partial charge is 0.417 e. The second kappa shape index (κ2) is 10.6. The largest absolute Gasteiger partial charge is 0.496 e. The van der Waals surface area contributed by atoms with Crippen molar-refractivity contribution < 1.29 is 32.3 Å². The normalized spacial score (nSPS) is 11.6. The number of carboxylic acids is 1. The number of benzene rings is 3. The SMILES string of the molecule is COc1ccccc1-c1ccc(-c2nc(-c3ccc(CN(C)CC(=O)O)cc3Cl)no2)cc1C(F)(F)F. The van der Waals surface area contributed by atoms with E-state index in [1.54, 1.807) is 54.4 Å². The number of rotatable bonds is 8. The molecule has 0 bridgehead atoms. The molecule has 0 spiro atoms. The maximum absolute atomic E-state index is 14.0. The minimum Gasteiger partial charge on any atom is -0.496 e. The second-order valence-electron chi connectivity index (χ2n) is 8.26. The Morgan fingerprint density at radius 2 is 1.81 bits per heavy atom. The van der Waals surface area contributed by atoms with E-state index in [4.69, 9.17) is 26.0 Å². The van der Waals surface area contributed by atoms with Crippen LogP contribution in [0.3, 0.4) is 0 Å². The van der Waals surface area contributed by atoms with Gasteiger partial charge in [0, 0.05) is 23.2 Å². The summed E-state index contributed by atoms with van der Waals surface area (Å²) in [6, 6.07) is 15.3. The van der Waals surface area contributed by atoms with E-state index >= 15 is 0 Å². The van der Waals surface area contributed by atoms with Gasteiger partial charge in [0.15, 0.2) is 0 Å². The number of hydrogen-bond acceptors (Lipinski definition) is 6. The van der Waals surface area contributed by atoms with Gasteiger partial charge in [-0.15, -0.1) is 0 Å². The first-order chi connectivity index (χ1) is 17.6. The average Bonchev–Trinajstić information content (AvgIpc) is 3.32. The van der Waals surface area contributed by atoms with Crippen LogP contribution in [0.1, 0.15) is 11.1 Å². The van der Waals surface area contributed by atoms with E-state index in [9.17, 15) is 18.0 Å². The predicted molar refractivity (Wildman–Crippen MR) is 131 cm³/mol. The third kappa shape index (κ3) is 5.92. The van der Waals surface area contributed by atoms with Gasteiger partial charge in [0.2, 0.25) is 5.82 Å². The lowest BCUT2D eigenvalue weighted by Gasteiger charge is -2.16. The van der Waals surface area contributed by atoms with E-state index in [1.807, 2.05) is 0 Å². The maximum Gasteiger partial charge on any atom is 0.417 e. The number of halogens is 4. The molecule has 0 aliphatic carbocycles. The standard InChI is InChI=1S/C26H21ClF3N3O4/c1-33(14-23(34)35)13-15-7-9-19(21(27)11-15)24-31-25(37-32-24)16-8-10-17(20(12-16)26(28,29)30)18-5-3-4-6-22(18)36-2/h3-12H,13-14H2,1-2H3,(H,34,35). The number of para-hydroxylation sites is 1. The van der Waals surface area contributed by atoms with Gasteiger partial charge in [0.25, 0.3) is 5.89 Å². The Hall–Kier alpha value is -3.89. The fourth-order valence-electron chi connectivity index (χ4n) is 3.90. The molecular weight excluding hydrogens is 511 g/mol. The van der Waals surface area contributed by atoms with Crippen molar-refractivity contribution in [2.24, 2.45) is 0 Å². The summed E-state index contributed by atoms with van der Waals surface area (Å²) in [4.78, 5) is 16.7. The molecule has 1 aromatic heterocycles. The van der Waals surface area contributed by atoms with Gasteiger partial charge in [0.1, 0.15) is 5.75 Å². The number of methoxy groups -OCH3 is 1. The van der Waals surface area contributed by atoms with E-state index in [1.165, 1.54) is 19.2 Å². The number of hydrogen-bond donors (Lipinski definition) is 1. The van der Waals surface area contributed by atoms with E-state index in [2.05, 4.69) is 10.1 Å². The zero-order valence-corrected chi connectivity index (χ0v) is 20.5. The fourth-order valence-corrected chi connectivity index (χ4v) is 4.19. The summed E-state index contributed by atoms with van der Waals surface area (Å²) in [5.41, 5.74) is 0.664. The molecule has 1 N–H and O–H groups in total. The number of alkyl halides is 3. The van der Waals surface area contributed by atoms with Gasteiger partial charge in [0.05, 0.1) is 24.2 Å². The summed E-state index contributed by atoms with van der Waals surface area (Å²) in [6.45, 7) is 0.214. The number of nitrogens with zero attached hydrogens (tertiary/aromatic N) is 3. The molecule has 1 heterocycles. The molecule has 4 rings (SSSR count). The van der Waals surface area contributed by atoms with Crippen LogP contribution in [0.4, 0.5) is 13.2 Å². The minimum atomic E-state index is -4.65. The maximum atomic E-state index is 14.0. The van der Waals surface area contributed by atoms with Crippen molar-refractivity contribution in [1.29, 1.82) is 0 Å². The first-order valence-electron chi connectivity index (χ1n) is 10.9. The lowest BCUT2D eigenvalue weighted by molar-refractivity contribution is -0.138. The Labute approximate surface area is 215 Å². The highest BCUT2D eigenvalue weighted by molar-refractivity contribution is 6.33. The van der Waals surface area contributed by atoms with E-state index in [0.717, 1.165) is 11.6 Å². The number of carbonyl (C=O) groups is 1. The fraction of sp³-hybridized carbons (Fsp3) is 0.192. The lowest BCUT2D eigenvalue weighted by atomic mass is 9.96. The van der Waals surface area contributed by atoms with Crippen molar-refractivity contribution in [2.75, 3.05) is 20.7 Å². The molecule has 7 nitrogen and oxygen atoms in total. The van der Waals surface area contributed by atoms with E-state index in [0.29, 0.717) is 23.4 Å². The molecule has 0 unspecified atom stereocenters. The van der Waals surface area contributed by atoms with Crippen molar-refractivity contribution in [3.05, 3.63) is 76.8 Å². The van der Waals surface area contributed by atoms with Gasteiger partial charge in [-0.05, 0) is 48.5 Å². The van der Waals surface area contributed by atoms with E-state index in [-0.39, 0.29) is 34.4 Å². The molecule has 0 fully saturated rings. The first kappa shape index (κ1) is 26.2. The highest BCUT2D eigenvalue weighted by atomic mass is 35.5. The molecule has 0 amide bonds. The molecule has 37 heavy (non-hydrogen) atoms. The first-order valence-corrected chi connectivity index (χ1v) is 11.3. The molecule has 0 aliphatic heterocycles. The summed E-state index contributed by atoms with van der Waals surface area (Å²) < 4.78 is 52.6. The zero-order valence-electron chi connectivity index (χ0n) is 19.7. The van der Waals surface area contributed by atoms with Gasteiger partial charge in [-0.3, -0.25) is 9.69 Å². The number of carboxylic acid groups (broad SMARTS) is 1. The Kier molecular flexibility index (Phi) is 7.51. The van der Waals surface area contributed by atoms with Crippen molar-refractivity contribution >= 4 is 17.6 Å². The zero-order chi connectivity index (χ0) is 26.7. The van der Waals surface area contributed by atoms with E-state index < -0.39 is 17.7 Å². The van der Waals surface area contributed by atoms with Crippen LogP contribution in [0.15, 0.2) is 65.2 Å². The Morgan fingerprint density at radius 3 is 2.49 bits per heavy atom. The molecule has 0 saturated heterocycles. The number of ether oxygens (including phenoxy) is 1. The Morgan fingerprint density at radius 1 is 1.08 bits per heavy atom. The molecule has 192 valence electrons. The van der Waals surface area contributed by atoms with Crippen LogP contribution in [0.25, 0.3) is 34.0 Å².